The van der Waals surface area contributed by atoms with Crippen LogP contribution in [0.3, 0.4) is 0 Å². The molecule has 0 spiro atoms. The number of hydrogen-bond donors (Lipinski definition) is 0. The summed E-state index contributed by atoms with van der Waals surface area (Å²) in [5, 5.41) is 4.89. The molecule has 0 bridgehead atoms. The summed E-state index contributed by atoms with van der Waals surface area (Å²) in [5.41, 5.74) is 1.06. The Morgan fingerprint density at radius 3 is 2.07 bits per heavy atom. The van der Waals surface area contributed by atoms with E-state index < -0.39 is 0 Å². The molecule has 0 unspecified atom stereocenters. The standard InChI is InChI=1S/C8H7.C4H3S.Cu.Li/c1-2-8-6-4-3-5-7-8;1-2-4-5-3-1;;/h1-7H;1-3H;;/q2*-1;+2;. The van der Waals surface area contributed by atoms with Crippen molar-refractivity contribution in [3.63, 3.8) is 0 Å². The molecule has 0 aliphatic heterocycles. The van der Waals surface area contributed by atoms with Crippen LogP contribution in [0, 0.1) is 12.0 Å². The van der Waals surface area contributed by atoms with Gasteiger partial charge >= 0.3 is 17.1 Å². The Hall–Kier alpha value is -0.223. The van der Waals surface area contributed by atoms with Crippen LogP contribution in [-0.2, 0) is 17.1 Å². The minimum absolute atomic E-state index is 0. The van der Waals surface area contributed by atoms with E-state index in [1.165, 1.54) is 0 Å². The van der Waals surface area contributed by atoms with Crippen molar-refractivity contribution < 1.29 is 17.1 Å². The maximum Gasteiger partial charge on any atom is 2.00 e. The third kappa shape index (κ3) is 8.75. The van der Waals surface area contributed by atoms with Gasteiger partial charge in [-0.05, 0) is 0 Å². The summed E-state index contributed by atoms with van der Waals surface area (Å²) in [6, 6.07) is 13.7. The van der Waals surface area contributed by atoms with E-state index in [2.05, 4.69) is 5.38 Å². The number of rotatable bonds is 1. The van der Waals surface area contributed by atoms with Crippen molar-refractivity contribution in [3.8, 4) is 0 Å². The van der Waals surface area contributed by atoms with Gasteiger partial charge in [-0.3, -0.25) is 6.58 Å². The normalized spacial score (nSPS) is 7.20. The summed E-state index contributed by atoms with van der Waals surface area (Å²) in [5.74, 6) is 0. The van der Waals surface area contributed by atoms with Crippen molar-refractivity contribution in [2.24, 2.45) is 0 Å². The van der Waals surface area contributed by atoms with Gasteiger partial charge in [0, 0.05) is 18.9 Å². The van der Waals surface area contributed by atoms with E-state index in [9.17, 15) is 0 Å². The molecule has 0 aliphatic carbocycles. The molecule has 2 rings (SSSR count). The minimum atomic E-state index is 0. The van der Waals surface area contributed by atoms with Crippen LogP contribution in [0.5, 0.6) is 0 Å². The van der Waals surface area contributed by atoms with E-state index in [0.717, 1.165) is 5.56 Å². The van der Waals surface area contributed by atoms with Crippen molar-refractivity contribution in [3.05, 3.63) is 65.4 Å². The number of thiophene rings is 1. The fraction of sp³-hybridized carbons (Fsp3) is 0. The summed E-state index contributed by atoms with van der Waals surface area (Å²) in [4.78, 5) is 0. The molecule has 0 nitrogen and oxygen atoms in total. The van der Waals surface area contributed by atoms with Gasteiger partial charge in [-0.15, -0.1) is 17.5 Å². The predicted octanol–water partition coefficient (Wildman–Crippen LogP) is 3.30. The largest absolute Gasteiger partial charge is 2.00 e. The Balaban J connectivity index is 0. The van der Waals surface area contributed by atoms with Crippen molar-refractivity contribution >= 4 is 36.3 Å². The molecule has 3 heteroatoms. The first-order chi connectivity index (χ1) is 6.43. The van der Waals surface area contributed by atoms with Crippen LogP contribution >= 0.6 is 11.3 Å². The Morgan fingerprint density at radius 1 is 1.13 bits per heavy atom. The maximum atomic E-state index is 5.22. The molecule has 0 N–H and O–H groups in total. The first kappa shape index (κ1) is 17.2. The van der Waals surface area contributed by atoms with Gasteiger partial charge in [0.25, 0.3) is 0 Å². The minimum Gasteiger partial charge on any atom is -0.304 e. The molecule has 2 radical (unpaired) electrons. The van der Waals surface area contributed by atoms with E-state index in [0.29, 0.717) is 0 Å². The van der Waals surface area contributed by atoms with E-state index in [1.807, 2.05) is 47.8 Å². The molecular formula is C12H10CuLiS. The molecule has 0 saturated carbocycles. The SMILES string of the molecule is [CH-]=Cc1ccccc1.[Cu+2].[Li].[c-]1cccs1. The Bertz CT molecular complexity index is 301. The first-order valence-electron chi connectivity index (χ1n) is 3.93. The second kappa shape index (κ2) is 11.8. The van der Waals surface area contributed by atoms with Gasteiger partial charge in [0.1, 0.15) is 0 Å². The zero-order valence-electron chi connectivity index (χ0n) is 8.48. The Morgan fingerprint density at radius 2 is 1.80 bits per heavy atom. The van der Waals surface area contributed by atoms with Gasteiger partial charge in [0.2, 0.25) is 0 Å². The number of benzene rings is 1. The third-order valence-corrected chi connectivity index (χ3v) is 1.94. The number of hydrogen-bond acceptors (Lipinski definition) is 1. The van der Waals surface area contributed by atoms with Gasteiger partial charge in [-0.25, -0.2) is 12.1 Å². The first-order valence-corrected chi connectivity index (χ1v) is 4.81. The molecular weight excluding hydrogens is 247 g/mol. The summed E-state index contributed by atoms with van der Waals surface area (Å²) < 4.78 is 0. The molecule has 0 aliphatic rings. The smallest absolute Gasteiger partial charge is 0.304 e. The molecule has 2 aromatic rings. The van der Waals surface area contributed by atoms with Crippen LogP contribution in [0.25, 0.3) is 6.08 Å². The van der Waals surface area contributed by atoms with Gasteiger partial charge in [-0.2, -0.15) is 17.0 Å². The molecule has 0 saturated heterocycles. The van der Waals surface area contributed by atoms with Gasteiger partial charge in [-0.1, -0.05) is 18.2 Å². The Kier molecular flexibility index (Phi) is 13.6. The van der Waals surface area contributed by atoms with E-state index >= 15 is 0 Å². The topological polar surface area (TPSA) is 0 Å². The fourth-order valence-electron chi connectivity index (χ4n) is 0.761. The van der Waals surface area contributed by atoms with Gasteiger partial charge in [0.05, 0.1) is 0 Å². The fourth-order valence-corrected chi connectivity index (χ4v) is 1.15. The van der Waals surface area contributed by atoms with E-state index in [4.69, 9.17) is 6.58 Å². The predicted molar refractivity (Wildman–Crippen MR) is 64.1 cm³/mol. The van der Waals surface area contributed by atoms with Crippen LogP contribution in [-0.4, -0.2) is 18.9 Å². The molecule has 76 valence electrons. The Labute approximate surface area is 118 Å². The van der Waals surface area contributed by atoms with Crippen LogP contribution in [0.15, 0.2) is 47.8 Å². The van der Waals surface area contributed by atoms with E-state index in [1.54, 1.807) is 17.4 Å². The molecule has 0 amide bonds. The average molecular weight is 257 g/mol. The van der Waals surface area contributed by atoms with Crippen molar-refractivity contribution in [2.75, 3.05) is 0 Å². The average Bonchev–Trinajstić information content (AvgIpc) is 2.77. The van der Waals surface area contributed by atoms with E-state index in [-0.39, 0.29) is 35.9 Å². The quantitative estimate of drug-likeness (QED) is 0.543. The van der Waals surface area contributed by atoms with Crippen LogP contribution < -0.4 is 0 Å². The summed E-state index contributed by atoms with van der Waals surface area (Å²) in [6.45, 7) is 5.22. The molecule has 0 fully saturated rings. The van der Waals surface area contributed by atoms with Crippen LogP contribution in [0.1, 0.15) is 5.56 Å². The monoisotopic (exact) mass is 256 g/mol. The van der Waals surface area contributed by atoms with Crippen molar-refractivity contribution in [1.82, 2.24) is 0 Å². The maximum absolute atomic E-state index is 5.22. The summed E-state index contributed by atoms with van der Waals surface area (Å²) >= 11 is 1.59. The molecule has 1 heterocycles. The second-order valence-corrected chi connectivity index (χ2v) is 3.05. The summed E-state index contributed by atoms with van der Waals surface area (Å²) in [7, 11) is 0. The van der Waals surface area contributed by atoms with Crippen molar-refractivity contribution in [1.29, 1.82) is 0 Å². The van der Waals surface area contributed by atoms with Crippen molar-refractivity contribution in [2.45, 2.75) is 0 Å². The van der Waals surface area contributed by atoms with Crippen LogP contribution in [0.4, 0.5) is 0 Å². The van der Waals surface area contributed by atoms with Crippen LogP contribution in [0.2, 0.25) is 0 Å². The van der Waals surface area contributed by atoms with Gasteiger partial charge < -0.3 is 11.3 Å². The molecule has 0 atom stereocenters. The second-order valence-electron chi connectivity index (χ2n) is 2.31. The molecule has 1 aromatic carbocycles. The molecule has 15 heavy (non-hydrogen) atoms. The zero-order valence-corrected chi connectivity index (χ0v) is 10.2. The zero-order chi connectivity index (χ0) is 9.36. The third-order valence-electron chi connectivity index (χ3n) is 1.37. The van der Waals surface area contributed by atoms with Gasteiger partial charge in [0.15, 0.2) is 0 Å². The summed E-state index contributed by atoms with van der Waals surface area (Å²) in [6.07, 6.45) is 1.58. The molecule has 1 aromatic heterocycles.